The van der Waals surface area contributed by atoms with E-state index in [0.29, 0.717) is 0 Å². The van der Waals surface area contributed by atoms with Crippen molar-refractivity contribution in [2.45, 2.75) is 0 Å². The summed E-state index contributed by atoms with van der Waals surface area (Å²) < 4.78 is 9.00. The highest BCUT2D eigenvalue weighted by molar-refractivity contribution is 6.13. The largest absolute Gasteiger partial charge is 0.455 e. The summed E-state index contributed by atoms with van der Waals surface area (Å²) in [6.45, 7) is 0. The highest BCUT2D eigenvalue weighted by Crippen LogP contribution is 2.40. The number of hydrogen-bond donors (Lipinski definition) is 0. The minimum Gasteiger partial charge on any atom is -0.455 e. The summed E-state index contributed by atoms with van der Waals surface area (Å²) in [4.78, 5) is 0. The molecule has 2 heteroatoms. The van der Waals surface area contributed by atoms with E-state index in [0.717, 1.165) is 49.9 Å². The van der Waals surface area contributed by atoms with Crippen LogP contribution in [0, 0.1) is 0 Å². The number of para-hydroxylation sites is 2. The molecule has 0 saturated heterocycles. The van der Waals surface area contributed by atoms with Crippen LogP contribution in [0.5, 0.6) is 0 Å². The number of nitrogens with zero attached hydrogens (tertiary/aromatic N) is 1. The van der Waals surface area contributed by atoms with Gasteiger partial charge in [0.15, 0.2) is 0 Å². The van der Waals surface area contributed by atoms with E-state index in [-0.39, 0.29) is 0 Å². The zero-order chi connectivity index (χ0) is 30.5. The van der Waals surface area contributed by atoms with Crippen molar-refractivity contribution in [3.05, 3.63) is 176 Å². The number of aromatic nitrogens is 1. The Hall–Kier alpha value is -6.12. The molecule has 0 fully saturated rings. The summed E-state index contributed by atoms with van der Waals surface area (Å²) in [5.41, 5.74) is 13.5. The standard InChI is InChI=1S/C44H29NO/c1-4-12-30(13-5-1)34-24-27-42-40(28-34)41(32-16-8-3-9-17-32)29-45(42)35-25-22-33(23-26-35)37-19-11-21-39-38-20-10-18-36(43(38)46-44(37)39)31-14-6-2-7-15-31/h1-29H. The van der Waals surface area contributed by atoms with E-state index in [2.05, 4.69) is 175 Å². The van der Waals surface area contributed by atoms with Crippen LogP contribution >= 0.6 is 0 Å². The topological polar surface area (TPSA) is 18.1 Å². The first-order valence-electron chi connectivity index (χ1n) is 15.7. The van der Waals surface area contributed by atoms with Gasteiger partial charge in [-0.3, -0.25) is 0 Å². The van der Waals surface area contributed by atoms with Crippen LogP contribution in [0.3, 0.4) is 0 Å². The van der Waals surface area contributed by atoms with Gasteiger partial charge in [0.25, 0.3) is 0 Å². The molecule has 0 unspecified atom stereocenters. The second kappa shape index (κ2) is 10.8. The van der Waals surface area contributed by atoms with E-state index in [1.807, 2.05) is 6.07 Å². The molecule has 2 heterocycles. The van der Waals surface area contributed by atoms with Gasteiger partial charge in [0, 0.05) is 44.7 Å². The van der Waals surface area contributed by atoms with Crippen LogP contribution < -0.4 is 0 Å². The average molecular weight is 588 g/mol. The lowest BCUT2D eigenvalue weighted by Crippen LogP contribution is -1.92. The Morgan fingerprint density at radius 3 is 1.43 bits per heavy atom. The summed E-state index contributed by atoms with van der Waals surface area (Å²) in [5.74, 6) is 0. The predicted octanol–water partition coefficient (Wildman–Crippen LogP) is 12.2. The first-order chi connectivity index (χ1) is 22.8. The molecule has 0 radical (unpaired) electrons. The van der Waals surface area contributed by atoms with Gasteiger partial charge in [-0.15, -0.1) is 0 Å². The molecular formula is C44H29NO. The van der Waals surface area contributed by atoms with E-state index in [1.165, 1.54) is 33.2 Å². The molecule has 7 aromatic carbocycles. The van der Waals surface area contributed by atoms with Gasteiger partial charge in [0.2, 0.25) is 0 Å². The highest BCUT2D eigenvalue weighted by Gasteiger charge is 2.17. The Balaban J connectivity index is 1.16. The van der Waals surface area contributed by atoms with Crippen molar-refractivity contribution in [2.75, 3.05) is 0 Å². The lowest BCUT2D eigenvalue weighted by atomic mass is 10.00. The fraction of sp³-hybridized carbons (Fsp3) is 0. The fourth-order valence-corrected chi connectivity index (χ4v) is 6.80. The maximum Gasteiger partial charge on any atom is 0.143 e. The van der Waals surface area contributed by atoms with Crippen molar-refractivity contribution in [3.63, 3.8) is 0 Å². The molecule has 0 aliphatic rings. The summed E-state index contributed by atoms with van der Waals surface area (Å²) in [6.07, 6.45) is 2.27. The van der Waals surface area contributed by atoms with E-state index >= 15 is 0 Å². The second-order valence-electron chi connectivity index (χ2n) is 11.8. The Morgan fingerprint density at radius 2 is 0.848 bits per heavy atom. The summed E-state index contributed by atoms with van der Waals surface area (Å²) in [5, 5.41) is 3.50. The third-order valence-electron chi connectivity index (χ3n) is 9.06. The lowest BCUT2D eigenvalue weighted by Gasteiger charge is -2.09. The molecule has 46 heavy (non-hydrogen) atoms. The minimum atomic E-state index is 0.917. The molecule has 0 N–H and O–H groups in total. The van der Waals surface area contributed by atoms with E-state index in [4.69, 9.17) is 4.42 Å². The first-order valence-corrected chi connectivity index (χ1v) is 15.7. The Morgan fingerprint density at radius 1 is 0.348 bits per heavy atom. The van der Waals surface area contributed by atoms with Crippen LogP contribution in [0.25, 0.3) is 83.0 Å². The predicted molar refractivity (Wildman–Crippen MR) is 192 cm³/mol. The lowest BCUT2D eigenvalue weighted by molar-refractivity contribution is 0.671. The number of rotatable bonds is 5. The minimum absolute atomic E-state index is 0.917. The Kier molecular flexibility index (Phi) is 6.17. The zero-order valence-corrected chi connectivity index (χ0v) is 25.1. The molecule has 0 spiro atoms. The van der Waals surface area contributed by atoms with Gasteiger partial charge in [-0.2, -0.15) is 0 Å². The first kappa shape index (κ1) is 26.3. The summed E-state index contributed by atoms with van der Waals surface area (Å²) in [6, 6.07) is 60.2. The van der Waals surface area contributed by atoms with Gasteiger partial charge in [0.05, 0.1) is 5.52 Å². The van der Waals surface area contributed by atoms with Crippen LogP contribution in [-0.4, -0.2) is 4.57 Å². The monoisotopic (exact) mass is 587 g/mol. The van der Waals surface area contributed by atoms with Crippen molar-refractivity contribution < 1.29 is 4.42 Å². The van der Waals surface area contributed by atoms with Crippen LogP contribution in [0.1, 0.15) is 0 Å². The number of hydrogen-bond acceptors (Lipinski definition) is 1. The molecular weight excluding hydrogens is 558 g/mol. The van der Waals surface area contributed by atoms with Gasteiger partial charge in [-0.05, 0) is 52.1 Å². The molecule has 216 valence electrons. The van der Waals surface area contributed by atoms with Crippen LogP contribution in [-0.2, 0) is 0 Å². The van der Waals surface area contributed by atoms with Gasteiger partial charge in [0.1, 0.15) is 11.2 Å². The van der Waals surface area contributed by atoms with Crippen LogP contribution in [0.4, 0.5) is 0 Å². The van der Waals surface area contributed by atoms with Gasteiger partial charge < -0.3 is 8.98 Å². The molecule has 0 aliphatic heterocycles. The molecule has 2 aromatic heterocycles. The van der Waals surface area contributed by atoms with Gasteiger partial charge in [-0.25, -0.2) is 0 Å². The third-order valence-corrected chi connectivity index (χ3v) is 9.06. The SMILES string of the molecule is c1ccc(-c2ccc3c(c2)c(-c2ccccc2)cn3-c2ccc(-c3cccc4c3oc3c(-c5ccccc5)cccc34)cc2)cc1. The third kappa shape index (κ3) is 4.35. The summed E-state index contributed by atoms with van der Waals surface area (Å²) in [7, 11) is 0. The fourth-order valence-electron chi connectivity index (χ4n) is 6.80. The second-order valence-corrected chi connectivity index (χ2v) is 11.8. The van der Waals surface area contributed by atoms with Crippen molar-refractivity contribution in [1.29, 1.82) is 0 Å². The Labute approximate surface area is 267 Å². The van der Waals surface area contributed by atoms with Gasteiger partial charge in [-0.1, -0.05) is 146 Å². The molecule has 0 saturated carbocycles. The van der Waals surface area contributed by atoms with Crippen LogP contribution in [0.2, 0.25) is 0 Å². The van der Waals surface area contributed by atoms with E-state index < -0.39 is 0 Å². The highest BCUT2D eigenvalue weighted by atomic mass is 16.3. The molecule has 9 rings (SSSR count). The normalized spacial score (nSPS) is 11.5. The molecule has 0 bridgehead atoms. The number of fused-ring (bicyclic) bond motifs is 4. The number of furan rings is 1. The Bertz CT molecular complexity index is 2490. The molecule has 9 aromatic rings. The summed E-state index contributed by atoms with van der Waals surface area (Å²) >= 11 is 0. The van der Waals surface area contributed by atoms with E-state index in [1.54, 1.807) is 0 Å². The zero-order valence-electron chi connectivity index (χ0n) is 25.1. The molecule has 0 amide bonds. The number of benzene rings is 7. The van der Waals surface area contributed by atoms with Crippen molar-refractivity contribution in [1.82, 2.24) is 4.57 Å². The molecule has 0 aliphatic carbocycles. The smallest absolute Gasteiger partial charge is 0.143 e. The quantitative estimate of drug-likeness (QED) is 0.196. The maximum atomic E-state index is 6.69. The molecule has 0 atom stereocenters. The van der Waals surface area contributed by atoms with Crippen molar-refractivity contribution in [3.8, 4) is 50.2 Å². The van der Waals surface area contributed by atoms with Gasteiger partial charge >= 0.3 is 0 Å². The van der Waals surface area contributed by atoms with Crippen molar-refractivity contribution >= 4 is 32.8 Å². The average Bonchev–Trinajstić information content (AvgIpc) is 3.72. The van der Waals surface area contributed by atoms with E-state index in [9.17, 15) is 0 Å². The molecule has 2 nitrogen and oxygen atoms in total. The van der Waals surface area contributed by atoms with Crippen LogP contribution in [0.15, 0.2) is 180 Å². The van der Waals surface area contributed by atoms with Crippen molar-refractivity contribution in [2.24, 2.45) is 0 Å². The maximum absolute atomic E-state index is 6.69.